The van der Waals surface area contributed by atoms with Gasteiger partial charge in [-0.25, -0.2) is 0 Å². The smallest absolute Gasteiger partial charge is 0.434 e. The third kappa shape index (κ3) is 3.16. The Kier molecular flexibility index (Phi) is 3.18. The first-order valence-electron chi connectivity index (χ1n) is 3.99. The van der Waals surface area contributed by atoms with Gasteiger partial charge in [0.2, 0.25) is 0 Å². The summed E-state index contributed by atoms with van der Waals surface area (Å²) >= 11 is 0. The van der Waals surface area contributed by atoms with Gasteiger partial charge >= 0.3 is 6.18 Å². The number of nitrogens with two attached hydrogens (primary N) is 1. The van der Waals surface area contributed by atoms with Gasteiger partial charge in [-0.3, -0.25) is 4.79 Å². The summed E-state index contributed by atoms with van der Waals surface area (Å²) in [7, 11) is 0. The van der Waals surface area contributed by atoms with E-state index in [0.29, 0.717) is 0 Å². The van der Waals surface area contributed by atoms with E-state index in [4.69, 9.17) is 0 Å². The number of benzene rings is 1. The quantitative estimate of drug-likeness (QED) is 0.837. The van der Waals surface area contributed by atoms with Crippen molar-refractivity contribution in [3.63, 3.8) is 0 Å². The highest BCUT2D eigenvalue weighted by molar-refractivity contribution is 5.80. The molecule has 82 valence electrons. The van der Waals surface area contributed by atoms with Crippen molar-refractivity contribution in [2.45, 2.75) is 12.3 Å². The van der Waals surface area contributed by atoms with E-state index in [1.807, 2.05) is 0 Å². The lowest BCUT2D eigenvalue weighted by Crippen LogP contribution is -2.45. The molecule has 0 aromatic heterocycles. The molecule has 0 heterocycles. The minimum absolute atomic E-state index is 0.0568. The van der Waals surface area contributed by atoms with Crippen LogP contribution in [0.3, 0.4) is 0 Å². The lowest BCUT2D eigenvalue weighted by molar-refractivity contribution is -0.196. The van der Waals surface area contributed by atoms with Crippen LogP contribution in [-0.4, -0.2) is 18.2 Å². The molecule has 1 aromatic rings. The molecule has 0 bridgehead atoms. The first-order chi connectivity index (χ1) is 6.91. The number of amides is 1. The Balaban J connectivity index is 2.82. The normalized spacial score (nSPS) is 13.3. The van der Waals surface area contributed by atoms with Gasteiger partial charge in [-0.1, -0.05) is 18.2 Å². The zero-order valence-corrected chi connectivity index (χ0v) is 7.49. The molecule has 1 amide bonds. The van der Waals surface area contributed by atoms with Gasteiger partial charge in [0, 0.05) is 0 Å². The predicted octanol–water partition coefficient (Wildman–Crippen LogP) is 1.48. The number of primary amides is 1. The van der Waals surface area contributed by atoms with E-state index >= 15 is 0 Å². The van der Waals surface area contributed by atoms with Crippen LogP contribution in [0.1, 0.15) is 0 Å². The second-order valence-electron chi connectivity index (χ2n) is 2.75. The van der Waals surface area contributed by atoms with Crippen LogP contribution in [0.5, 0.6) is 5.75 Å². The minimum atomic E-state index is -4.80. The summed E-state index contributed by atoms with van der Waals surface area (Å²) in [6.45, 7) is 0. The lowest BCUT2D eigenvalue weighted by atomic mass is 10.3. The standard InChI is InChI=1S/C9H8F3NO2/c10-9(11,12)7(8(13)14)15-6-4-2-1-3-5-6/h1-5,7H,(H2,13,14). The predicted molar refractivity (Wildman–Crippen MR) is 46.1 cm³/mol. The number of rotatable bonds is 3. The van der Waals surface area contributed by atoms with Crippen molar-refractivity contribution in [3.8, 4) is 5.75 Å². The lowest BCUT2D eigenvalue weighted by Gasteiger charge is -2.18. The van der Waals surface area contributed by atoms with Crippen LogP contribution >= 0.6 is 0 Å². The highest BCUT2D eigenvalue weighted by Crippen LogP contribution is 2.24. The second-order valence-corrected chi connectivity index (χ2v) is 2.75. The summed E-state index contributed by atoms with van der Waals surface area (Å²) in [4.78, 5) is 10.5. The molecule has 1 aromatic carbocycles. The number of ether oxygens (including phenoxy) is 1. The maximum Gasteiger partial charge on any atom is 0.434 e. The largest absolute Gasteiger partial charge is 0.471 e. The zero-order chi connectivity index (χ0) is 11.5. The van der Waals surface area contributed by atoms with Gasteiger partial charge in [0.25, 0.3) is 12.0 Å². The molecule has 0 radical (unpaired) electrons. The molecule has 0 fully saturated rings. The van der Waals surface area contributed by atoms with Gasteiger partial charge in [0.1, 0.15) is 5.75 Å². The van der Waals surface area contributed by atoms with E-state index in [-0.39, 0.29) is 5.75 Å². The number of alkyl halides is 3. The van der Waals surface area contributed by atoms with E-state index in [0.717, 1.165) is 0 Å². The van der Waals surface area contributed by atoms with Crippen LogP contribution in [0.4, 0.5) is 13.2 Å². The molecule has 6 heteroatoms. The summed E-state index contributed by atoms with van der Waals surface area (Å²) in [5.74, 6) is -1.62. The van der Waals surface area contributed by atoms with E-state index in [9.17, 15) is 18.0 Å². The van der Waals surface area contributed by atoms with Crippen LogP contribution < -0.4 is 10.5 Å². The van der Waals surface area contributed by atoms with Gasteiger partial charge in [-0.05, 0) is 12.1 Å². The van der Waals surface area contributed by atoms with E-state index in [2.05, 4.69) is 10.5 Å². The SMILES string of the molecule is NC(=O)C(Oc1ccccc1)C(F)(F)F. The Bertz CT molecular complexity index is 337. The summed E-state index contributed by atoms with van der Waals surface area (Å²) < 4.78 is 41.1. The first-order valence-corrected chi connectivity index (χ1v) is 3.99. The number of carbonyl (C=O) groups excluding carboxylic acids is 1. The Hall–Kier alpha value is -1.72. The fourth-order valence-corrected chi connectivity index (χ4v) is 0.921. The molecule has 0 aliphatic heterocycles. The van der Waals surface area contributed by atoms with Crippen LogP contribution in [0.25, 0.3) is 0 Å². The van der Waals surface area contributed by atoms with Crippen LogP contribution in [0.15, 0.2) is 30.3 Å². The average Bonchev–Trinajstić information content (AvgIpc) is 2.13. The van der Waals surface area contributed by atoms with E-state index in [1.54, 1.807) is 6.07 Å². The van der Waals surface area contributed by atoms with Gasteiger partial charge in [-0.2, -0.15) is 13.2 Å². The number of hydrogen-bond acceptors (Lipinski definition) is 2. The number of hydrogen-bond donors (Lipinski definition) is 1. The minimum Gasteiger partial charge on any atom is -0.471 e. The number of carbonyl (C=O) groups is 1. The molecule has 0 saturated carbocycles. The molecule has 3 nitrogen and oxygen atoms in total. The third-order valence-electron chi connectivity index (χ3n) is 1.55. The molecular formula is C9H8F3NO2. The monoisotopic (exact) mass is 219 g/mol. The number of para-hydroxylation sites is 1. The molecule has 1 unspecified atom stereocenters. The van der Waals surface area contributed by atoms with Crippen molar-refractivity contribution in [1.82, 2.24) is 0 Å². The van der Waals surface area contributed by atoms with Crippen molar-refractivity contribution in [2.75, 3.05) is 0 Å². The second kappa shape index (κ2) is 4.20. The molecule has 0 saturated heterocycles. The highest BCUT2D eigenvalue weighted by Gasteiger charge is 2.46. The fourth-order valence-electron chi connectivity index (χ4n) is 0.921. The molecule has 1 atom stereocenters. The molecule has 0 aliphatic carbocycles. The molecular weight excluding hydrogens is 211 g/mol. The summed E-state index contributed by atoms with van der Waals surface area (Å²) in [5, 5.41) is 0. The molecule has 0 spiro atoms. The van der Waals surface area contributed by atoms with Crippen molar-refractivity contribution < 1.29 is 22.7 Å². The van der Waals surface area contributed by atoms with Gasteiger partial charge < -0.3 is 10.5 Å². The maximum absolute atomic E-state index is 12.2. The van der Waals surface area contributed by atoms with Crippen LogP contribution in [0.2, 0.25) is 0 Å². The van der Waals surface area contributed by atoms with Gasteiger partial charge in [0.05, 0.1) is 0 Å². The Morgan fingerprint density at radius 1 is 1.27 bits per heavy atom. The first kappa shape index (κ1) is 11.4. The number of halogens is 3. The molecule has 1 rings (SSSR count). The van der Waals surface area contributed by atoms with E-state index in [1.165, 1.54) is 24.3 Å². The topological polar surface area (TPSA) is 52.3 Å². The molecule has 0 aliphatic rings. The average molecular weight is 219 g/mol. The van der Waals surface area contributed by atoms with Crippen molar-refractivity contribution in [2.24, 2.45) is 5.73 Å². The Morgan fingerprint density at radius 3 is 2.20 bits per heavy atom. The zero-order valence-electron chi connectivity index (χ0n) is 7.49. The van der Waals surface area contributed by atoms with Crippen LogP contribution in [-0.2, 0) is 4.79 Å². The van der Waals surface area contributed by atoms with Crippen LogP contribution in [0, 0.1) is 0 Å². The van der Waals surface area contributed by atoms with Crippen molar-refractivity contribution >= 4 is 5.91 Å². The Labute approximate surface area is 83.6 Å². The summed E-state index contributed by atoms with van der Waals surface area (Å²) in [6, 6.07) is 7.20. The van der Waals surface area contributed by atoms with Crippen molar-refractivity contribution in [3.05, 3.63) is 30.3 Å². The Morgan fingerprint density at radius 2 is 1.80 bits per heavy atom. The molecule has 2 N–H and O–H groups in total. The third-order valence-corrected chi connectivity index (χ3v) is 1.55. The van der Waals surface area contributed by atoms with Gasteiger partial charge in [-0.15, -0.1) is 0 Å². The maximum atomic E-state index is 12.2. The van der Waals surface area contributed by atoms with Crippen molar-refractivity contribution in [1.29, 1.82) is 0 Å². The summed E-state index contributed by atoms with van der Waals surface area (Å²) in [6.07, 6.45) is -7.42. The summed E-state index contributed by atoms with van der Waals surface area (Å²) in [5.41, 5.74) is 4.59. The molecule has 15 heavy (non-hydrogen) atoms. The van der Waals surface area contributed by atoms with Gasteiger partial charge in [0.15, 0.2) is 0 Å². The van der Waals surface area contributed by atoms with E-state index < -0.39 is 18.2 Å². The fraction of sp³-hybridized carbons (Fsp3) is 0.222. The highest BCUT2D eigenvalue weighted by atomic mass is 19.4.